The van der Waals surface area contributed by atoms with E-state index in [9.17, 15) is 17.7 Å². The van der Waals surface area contributed by atoms with Gasteiger partial charge in [-0.25, -0.2) is 13.2 Å². The number of hydrogen-bond donors (Lipinski definition) is 1. The third kappa shape index (κ3) is 3.63. The normalized spacial score (nSPS) is 15.6. The highest BCUT2D eigenvalue weighted by molar-refractivity contribution is 7.90. The molecule has 1 aromatic carbocycles. The molecule has 0 saturated carbocycles. The number of benzene rings is 1. The number of nitrogens with one attached hydrogen (secondary N) is 1. The van der Waals surface area contributed by atoms with E-state index in [1.54, 1.807) is 20.8 Å². The monoisotopic (exact) mass is 279 g/mol. The Hall–Kier alpha value is -0.720. The predicted octanol–water partition coefficient (Wildman–Crippen LogP) is 3.22. The summed E-state index contributed by atoms with van der Waals surface area (Å²) in [5.41, 5.74) is -0.176. The molecule has 102 valence electrons. The van der Waals surface area contributed by atoms with E-state index >= 15 is 0 Å². The summed E-state index contributed by atoms with van der Waals surface area (Å²) < 4.78 is 53.5. The van der Waals surface area contributed by atoms with Crippen molar-refractivity contribution in [2.45, 2.75) is 38.5 Å². The zero-order chi connectivity index (χ0) is 14.1. The van der Waals surface area contributed by atoms with Crippen molar-refractivity contribution >= 4 is 11.4 Å². The van der Waals surface area contributed by atoms with E-state index in [0.717, 1.165) is 6.07 Å². The van der Waals surface area contributed by atoms with Crippen LogP contribution in [0.15, 0.2) is 12.1 Å². The fourth-order valence-corrected chi connectivity index (χ4v) is 2.09. The standard InChI is InChI=1S/C12H16F3NOS/c1-7(16-18(17)12(2,3)4)9-5-8(13)6-10(14)11(9)15/h5-7,16H,1-4H3/t7-,18-/m1/s1. The SMILES string of the molecule is C[C@@H](N[S@+]([O-])C(C)(C)C)c1cc(F)cc(F)c1F. The summed E-state index contributed by atoms with van der Waals surface area (Å²) in [5.74, 6) is -3.23. The van der Waals surface area contributed by atoms with E-state index in [2.05, 4.69) is 4.72 Å². The molecule has 0 spiro atoms. The van der Waals surface area contributed by atoms with Crippen molar-refractivity contribution in [3.05, 3.63) is 35.1 Å². The second-order valence-electron chi connectivity index (χ2n) is 5.01. The predicted molar refractivity (Wildman–Crippen MR) is 65.8 cm³/mol. The van der Waals surface area contributed by atoms with Crippen LogP contribution in [0.4, 0.5) is 13.2 Å². The first-order chi connectivity index (χ1) is 8.12. The summed E-state index contributed by atoms with van der Waals surface area (Å²) in [6, 6.07) is 0.623. The van der Waals surface area contributed by atoms with Gasteiger partial charge in [0.2, 0.25) is 0 Å². The molecule has 0 aliphatic rings. The van der Waals surface area contributed by atoms with Gasteiger partial charge in [-0.2, -0.15) is 0 Å². The average molecular weight is 279 g/mol. The lowest BCUT2D eigenvalue weighted by Crippen LogP contribution is -2.40. The first kappa shape index (κ1) is 15.3. The summed E-state index contributed by atoms with van der Waals surface area (Å²) in [4.78, 5) is 0. The molecule has 0 amide bonds. The van der Waals surface area contributed by atoms with E-state index in [4.69, 9.17) is 0 Å². The fraction of sp³-hybridized carbons (Fsp3) is 0.500. The Morgan fingerprint density at radius 1 is 1.22 bits per heavy atom. The lowest BCUT2D eigenvalue weighted by Gasteiger charge is -2.26. The van der Waals surface area contributed by atoms with Gasteiger partial charge in [-0.15, -0.1) is 4.72 Å². The first-order valence-electron chi connectivity index (χ1n) is 5.45. The second-order valence-corrected chi connectivity index (χ2v) is 7.01. The maximum atomic E-state index is 13.5. The van der Waals surface area contributed by atoms with Gasteiger partial charge >= 0.3 is 0 Å². The summed E-state index contributed by atoms with van der Waals surface area (Å²) >= 11 is -1.45. The fourth-order valence-electron chi connectivity index (χ4n) is 1.29. The lowest BCUT2D eigenvalue weighted by atomic mass is 10.1. The molecular weight excluding hydrogens is 263 g/mol. The van der Waals surface area contributed by atoms with Gasteiger partial charge < -0.3 is 4.55 Å². The van der Waals surface area contributed by atoms with Gasteiger partial charge in [0.25, 0.3) is 0 Å². The van der Waals surface area contributed by atoms with Crippen LogP contribution >= 0.6 is 0 Å². The van der Waals surface area contributed by atoms with Crippen molar-refractivity contribution < 1.29 is 17.7 Å². The van der Waals surface area contributed by atoms with Crippen LogP contribution in [0.1, 0.15) is 39.3 Å². The van der Waals surface area contributed by atoms with Gasteiger partial charge in [-0.3, -0.25) is 0 Å². The molecule has 2 atom stereocenters. The average Bonchev–Trinajstić information content (AvgIpc) is 2.21. The maximum Gasteiger partial charge on any atom is 0.163 e. The number of hydrogen-bond acceptors (Lipinski definition) is 2. The van der Waals surface area contributed by atoms with E-state index < -0.39 is 39.6 Å². The zero-order valence-electron chi connectivity index (χ0n) is 10.7. The molecule has 0 heterocycles. The van der Waals surface area contributed by atoms with Crippen molar-refractivity contribution in [3.63, 3.8) is 0 Å². The summed E-state index contributed by atoms with van der Waals surface area (Å²) in [6.45, 7) is 6.73. The van der Waals surface area contributed by atoms with Crippen molar-refractivity contribution in [1.82, 2.24) is 4.72 Å². The topological polar surface area (TPSA) is 35.1 Å². The summed E-state index contributed by atoms with van der Waals surface area (Å²) in [6.07, 6.45) is 0. The Labute approximate surface area is 108 Å². The Morgan fingerprint density at radius 3 is 2.28 bits per heavy atom. The van der Waals surface area contributed by atoms with Crippen LogP contribution in [0.3, 0.4) is 0 Å². The molecule has 0 fully saturated rings. The quantitative estimate of drug-likeness (QED) is 0.681. The Kier molecular flexibility index (Phi) is 4.69. The van der Waals surface area contributed by atoms with Crippen LogP contribution in [-0.2, 0) is 11.4 Å². The van der Waals surface area contributed by atoms with E-state index in [0.29, 0.717) is 6.07 Å². The second kappa shape index (κ2) is 5.50. The molecule has 0 aromatic heterocycles. The first-order valence-corrected chi connectivity index (χ1v) is 6.60. The molecule has 0 unspecified atom stereocenters. The van der Waals surface area contributed by atoms with Crippen LogP contribution in [0.5, 0.6) is 0 Å². The van der Waals surface area contributed by atoms with E-state index in [-0.39, 0.29) is 5.56 Å². The van der Waals surface area contributed by atoms with Crippen LogP contribution in [0.2, 0.25) is 0 Å². The van der Waals surface area contributed by atoms with Gasteiger partial charge in [0.1, 0.15) is 10.6 Å². The smallest absolute Gasteiger partial charge is 0.163 e. The lowest BCUT2D eigenvalue weighted by molar-refractivity contribution is 0.469. The van der Waals surface area contributed by atoms with Gasteiger partial charge in [0.15, 0.2) is 11.6 Å². The largest absolute Gasteiger partial charge is 0.598 e. The third-order valence-corrected chi connectivity index (χ3v) is 4.01. The van der Waals surface area contributed by atoms with Crippen molar-refractivity contribution in [1.29, 1.82) is 0 Å². The van der Waals surface area contributed by atoms with Crippen molar-refractivity contribution in [3.8, 4) is 0 Å². The Morgan fingerprint density at radius 2 is 1.78 bits per heavy atom. The number of rotatable bonds is 3. The zero-order valence-corrected chi connectivity index (χ0v) is 11.5. The minimum atomic E-state index is -1.45. The molecule has 6 heteroatoms. The molecule has 2 nitrogen and oxygen atoms in total. The molecule has 0 bridgehead atoms. The minimum absolute atomic E-state index is 0.176. The van der Waals surface area contributed by atoms with Crippen molar-refractivity contribution in [2.24, 2.45) is 0 Å². The maximum absolute atomic E-state index is 13.5. The van der Waals surface area contributed by atoms with Gasteiger partial charge in [0, 0.05) is 23.0 Å². The third-order valence-electron chi connectivity index (χ3n) is 2.33. The molecule has 0 aliphatic heterocycles. The van der Waals surface area contributed by atoms with Crippen molar-refractivity contribution in [2.75, 3.05) is 0 Å². The highest BCUT2D eigenvalue weighted by Gasteiger charge is 2.29. The number of halogens is 3. The Bertz CT molecular complexity index is 434. The molecule has 1 aromatic rings. The molecule has 18 heavy (non-hydrogen) atoms. The molecular formula is C12H16F3NOS. The van der Waals surface area contributed by atoms with Gasteiger partial charge in [-0.1, -0.05) is 0 Å². The molecule has 1 rings (SSSR count). The van der Waals surface area contributed by atoms with Gasteiger partial charge in [-0.05, 0) is 33.8 Å². The van der Waals surface area contributed by atoms with Crippen LogP contribution < -0.4 is 4.72 Å². The molecule has 0 saturated heterocycles. The highest BCUT2D eigenvalue weighted by Crippen LogP contribution is 2.23. The summed E-state index contributed by atoms with van der Waals surface area (Å²) in [7, 11) is 0. The van der Waals surface area contributed by atoms with Crippen LogP contribution in [0.25, 0.3) is 0 Å². The highest BCUT2D eigenvalue weighted by atomic mass is 32.2. The van der Waals surface area contributed by atoms with E-state index in [1.807, 2.05) is 0 Å². The van der Waals surface area contributed by atoms with E-state index in [1.165, 1.54) is 6.92 Å². The molecule has 0 radical (unpaired) electrons. The van der Waals surface area contributed by atoms with Crippen LogP contribution in [0, 0.1) is 17.5 Å². The molecule has 1 N–H and O–H groups in total. The Balaban J connectivity index is 2.95. The minimum Gasteiger partial charge on any atom is -0.598 e. The molecule has 0 aliphatic carbocycles. The van der Waals surface area contributed by atoms with Crippen LogP contribution in [-0.4, -0.2) is 9.30 Å². The van der Waals surface area contributed by atoms with Gasteiger partial charge in [0.05, 0.1) is 6.04 Å². The summed E-state index contributed by atoms with van der Waals surface area (Å²) in [5, 5.41) is 0.